The molecule has 0 unspecified atom stereocenters. The Morgan fingerprint density at radius 1 is 1.26 bits per heavy atom. The predicted molar refractivity (Wildman–Crippen MR) is 102 cm³/mol. The van der Waals surface area contributed by atoms with E-state index in [1.165, 1.54) is 5.56 Å². The lowest BCUT2D eigenvalue weighted by Gasteiger charge is -2.04. The zero-order chi connectivity index (χ0) is 16.7. The van der Waals surface area contributed by atoms with Crippen molar-refractivity contribution >= 4 is 50.9 Å². The highest BCUT2D eigenvalue weighted by atomic mass is 79.9. The molecule has 2 rings (SSSR count). The van der Waals surface area contributed by atoms with Crippen LogP contribution in [0.5, 0.6) is 0 Å². The Labute approximate surface area is 153 Å². The Morgan fingerprint density at radius 3 is 2.70 bits per heavy atom. The van der Waals surface area contributed by atoms with Crippen molar-refractivity contribution in [2.24, 2.45) is 5.10 Å². The zero-order valence-electron chi connectivity index (χ0n) is 12.6. The molecule has 0 heterocycles. The second-order valence-corrected chi connectivity index (χ2v) is 7.20. The molecule has 0 aliphatic rings. The molecule has 0 aliphatic heterocycles. The Bertz CT molecular complexity index is 704. The first-order valence-electron chi connectivity index (χ1n) is 6.96. The van der Waals surface area contributed by atoms with Gasteiger partial charge in [0.15, 0.2) is 0 Å². The maximum absolute atomic E-state index is 11.8. The molecule has 0 saturated carbocycles. The Kier molecular flexibility index (Phi) is 7.15. The van der Waals surface area contributed by atoms with Crippen molar-refractivity contribution in [3.8, 4) is 0 Å². The van der Waals surface area contributed by atoms with Gasteiger partial charge < -0.3 is 0 Å². The number of hydrazone groups is 1. The van der Waals surface area contributed by atoms with E-state index in [4.69, 9.17) is 11.6 Å². The number of carbonyl (C=O) groups excluding carboxylic acids is 1. The molecule has 1 N–H and O–H groups in total. The third-order valence-electron chi connectivity index (χ3n) is 3.00. The van der Waals surface area contributed by atoms with Crippen molar-refractivity contribution in [3.05, 3.63) is 69.2 Å². The van der Waals surface area contributed by atoms with Gasteiger partial charge in [-0.2, -0.15) is 5.10 Å². The molecule has 23 heavy (non-hydrogen) atoms. The molecule has 0 bridgehead atoms. The first kappa shape index (κ1) is 18.0. The van der Waals surface area contributed by atoms with Crippen molar-refractivity contribution in [2.75, 3.05) is 5.75 Å². The average molecular weight is 412 g/mol. The molecule has 3 nitrogen and oxygen atoms in total. The molecule has 2 aromatic rings. The minimum absolute atomic E-state index is 0.113. The van der Waals surface area contributed by atoms with E-state index >= 15 is 0 Å². The van der Waals surface area contributed by atoms with E-state index in [2.05, 4.69) is 26.5 Å². The van der Waals surface area contributed by atoms with E-state index in [1.54, 1.807) is 23.9 Å². The van der Waals surface area contributed by atoms with Crippen molar-refractivity contribution in [3.63, 3.8) is 0 Å². The van der Waals surface area contributed by atoms with E-state index in [-0.39, 0.29) is 5.91 Å². The van der Waals surface area contributed by atoms with E-state index < -0.39 is 0 Å². The van der Waals surface area contributed by atoms with Crippen LogP contribution in [0.4, 0.5) is 0 Å². The molecular formula is C17H16BrClN2OS. The fourth-order valence-corrected chi connectivity index (χ4v) is 3.16. The maximum atomic E-state index is 11.8. The van der Waals surface area contributed by atoms with Crippen LogP contribution in [0.2, 0.25) is 5.02 Å². The highest BCUT2D eigenvalue weighted by Crippen LogP contribution is 2.16. The van der Waals surface area contributed by atoms with Crippen molar-refractivity contribution in [1.82, 2.24) is 5.43 Å². The molecular weight excluding hydrogens is 396 g/mol. The first-order valence-corrected chi connectivity index (χ1v) is 9.28. The highest BCUT2D eigenvalue weighted by molar-refractivity contribution is 9.10. The molecule has 0 spiro atoms. The van der Waals surface area contributed by atoms with Gasteiger partial charge >= 0.3 is 0 Å². The van der Waals surface area contributed by atoms with Gasteiger partial charge in [-0.25, -0.2) is 5.43 Å². The number of thioether (sulfide) groups is 1. The van der Waals surface area contributed by atoms with Crippen molar-refractivity contribution < 1.29 is 4.79 Å². The van der Waals surface area contributed by atoms with Crippen molar-refractivity contribution in [2.45, 2.75) is 12.7 Å². The molecule has 6 heteroatoms. The summed E-state index contributed by atoms with van der Waals surface area (Å²) >= 11 is 10.8. The number of hydrogen-bond acceptors (Lipinski definition) is 3. The summed E-state index contributed by atoms with van der Waals surface area (Å²) in [6.07, 6.45) is 0. The van der Waals surface area contributed by atoms with Gasteiger partial charge in [-0.05, 0) is 42.3 Å². The fraction of sp³-hybridized carbons (Fsp3) is 0.176. The van der Waals surface area contributed by atoms with Crippen LogP contribution in [0.25, 0.3) is 0 Å². The summed E-state index contributed by atoms with van der Waals surface area (Å²) in [5.41, 5.74) is 5.43. The largest absolute Gasteiger partial charge is 0.272 e. The molecule has 2 aromatic carbocycles. The Morgan fingerprint density at radius 2 is 2.00 bits per heavy atom. The number of nitrogens with zero attached hydrogens (tertiary/aromatic N) is 1. The topological polar surface area (TPSA) is 41.5 Å². The predicted octanol–water partition coefficient (Wildman–Crippen LogP) is 4.88. The van der Waals surface area contributed by atoms with Gasteiger partial charge in [-0.1, -0.05) is 51.8 Å². The van der Waals surface area contributed by atoms with Crippen LogP contribution in [0, 0.1) is 0 Å². The van der Waals surface area contributed by atoms with E-state index in [9.17, 15) is 4.79 Å². The third-order valence-corrected chi connectivity index (χ3v) is 4.75. The van der Waals surface area contributed by atoms with Gasteiger partial charge in [-0.3, -0.25) is 4.79 Å². The SMILES string of the molecule is C/C(=N/NC(=O)CSCc1cccc(Br)c1)c1ccc(Cl)cc1. The molecule has 120 valence electrons. The summed E-state index contributed by atoms with van der Waals surface area (Å²) in [6, 6.07) is 15.4. The van der Waals surface area contributed by atoms with Gasteiger partial charge in [0.1, 0.15) is 0 Å². The molecule has 1 amide bonds. The quantitative estimate of drug-likeness (QED) is 0.544. The minimum atomic E-state index is -0.113. The normalized spacial score (nSPS) is 11.3. The second kappa shape index (κ2) is 9.11. The molecule has 0 fully saturated rings. The molecule has 0 aromatic heterocycles. The fourth-order valence-electron chi connectivity index (χ4n) is 1.82. The van der Waals surface area contributed by atoms with Crippen LogP contribution in [-0.2, 0) is 10.5 Å². The number of hydrogen-bond donors (Lipinski definition) is 1. The number of amides is 1. The van der Waals surface area contributed by atoms with Gasteiger partial charge in [0.2, 0.25) is 5.91 Å². The average Bonchev–Trinajstić information content (AvgIpc) is 2.53. The molecule has 0 saturated heterocycles. The van der Waals surface area contributed by atoms with Crippen molar-refractivity contribution in [1.29, 1.82) is 0 Å². The molecule has 0 atom stereocenters. The van der Waals surface area contributed by atoms with Gasteiger partial charge in [0.25, 0.3) is 0 Å². The summed E-state index contributed by atoms with van der Waals surface area (Å²) in [4.78, 5) is 11.8. The zero-order valence-corrected chi connectivity index (χ0v) is 15.7. The number of rotatable bonds is 6. The number of benzene rings is 2. The van der Waals surface area contributed by atoms with Crippen LogP contribution >= 0.6 is 39.3 Å². The van der Waals surface area contributed by atoms with Gasteiger partial charge in [0, 0.05) is 15.2 Å². The smallest absolute Gasteiger partial charge is 0.250 e. The number of halogens is 2. The lowest BCUT2D eigenvalue weighted by molar-refractivity contribution is -0.118. The summed E-state index contributed by atoms with van der Waals surface area (Å²) in [5, 5.41) is 4.79. The van der Waals surface area contributed by atoms with E-state index in [0.717, 1.165) is 21.5 Å². The molecule has 0 aliphatic carbocycles. The summed E-state index contributed by atoms with van der Waals surface area (Å²) < 4.78 is 1.04. The first-order chi connectivity index (χ1) is 11.0. The van der Waals surface area contributed by atoms with Crippen LogP contribution in [-0.4, -0.2) is 17.4 Å². The lowest BCUT2D eigenvalue weighted by atomic mass is 10.1. The Balaban J connectivity index is 1.78. The Hall–Kier alpha value is -1.30. The second-order valence-electron chi connectivity index (χ2n) is 4.86. The van der Waals surface area contributed by atoms with Crippen LogP contribution in [0.1, 0.15) is 18.1 Å². The standard InChI is InChI=1S/C17H16BrClN2OS/c1-12(14-5-7-16(19)8-6-14)20-21-17(22)11-23-10-13-3-2-4-15(18)9-13/h2-9H,10-11H2,1H3,(H,21,22)/b20-12-. The summed E-state index contributed by atoms with van der Waals surface area (Å²) in [5.74, 6) is 1.04. The lowest BCUT2D eigenvalue weighted by Crippen LogP contribution is -2.21. The molecule has 0 radical (unpaired) electrons. The minimum Gasteiger partial charge on any atom is -0.272 e. The van der Waals surface area contributed by atoms with Crippen LogP contribution < -0.4 is 5.43 Å². The van der Waals surface area contributed by atoms with Gasteiger partial charge in [-0.15, -0.1) is 11.8 Å². The van der Waals surface area contributed by atoms with E-state index in [1.807, 2.05) is 43.3 Å². The summed E-state index contributed by atoms with van der Waals surface area (Å²) in [6.45, 7) is 1.85. The van der Waals surface area contributed by atoms with Crippen LogP contribution in [0.15, 0.2) is 58.1 Å². The number of nitrogens with one attached hydrogen (secondary N) is 1. The maximum Gasteiger partial charge on any atom is 0.250 e. The highest BCUT2D eigenvalue weighted by Gasteiger charge is 2.03. The van der Waals surface area contributed by atoms with Gasteiger partial charge in [0.05, 0.1) is 11.5 Å². The number of carbonyl (C=O) groups is 1. The summed E-state index contributed by atoms with van der Waals surface area (Å²) in [7, 11) is 0. The van der Waals surface area contributed by atoms with Crippen LogP contribution in [0.3, 0.4) is 0 Å². The van der Waals surface area contributed by atoms with E-state index in [0.29, 0.717) is 10.8 Å². The monoisotopic (exact) mass is 410 g/mol. The third kappa shape index (κ3) is 6.37.